The number of amides is 3. The van der Waals surface area contributed by atoms with Crippen LogP contribution in [0.1, 0.15) is 65.6 Å². The molecule has 0 aromatic heterocycles. The Morgan fingerprint density at radius 3 is 2.11 bits per heavy atom. The first-order valence-electron chi connectivity index (χ1n) is 12.2. The lowest BCUT2D eigenvalue weighted by atomic mass is 9.98. The Kier molecular flexibility index (Phi) is 9.90. The summed E-state index contributed by atoms with van der Waals surface area (Å²) in [5.41, 5.74) is 0.561. The third-order valence-corrected chi connectivity index (χ3v) is 5.23. The molecule has 0 heterocycles. The second-order valence-corrected chi connectivity index (χ2v) is 10.4. The first-order chi connectivity index (χ1) is 16.8. The van der Waals surface area contributed by atoms with Gasteiger partial charge in [-0.2, -0.15) is 0 Å². The van der Waals surface area contributed by atoms with E-state index in [-0.39, 0.29) is 24.1 Å². The Morgan fingerprint density at radius 2 is 1.58 bits per heavy atom. The Balaban J connectivity index is 2.52. The maximum absolute atomic E-state index is 14.1. The van der Waals surface area contributed by atoms with Crippen LogP contribution in [0.5, 0.6) is 5.75 Å². The monoisotopic (exact) mass is 497 g/mol. The SMILES string of the molecule is CC(C)NC(=O)C(c1cccc(O)c1)N(C(=O)C(Cc1ccccc1)NC(=O)OC(C)(C)C)C(C)C. The van der Waals surface area contributed by atoms with E-state index >= 15 is 0 Å². The van der Waals surface area contributed by atoms with Crippen LogP contribution in [-0.4, -0.2) is 51.6 Å². The van der Waals surface area contributed by atoms with Crippen molar-refractivity contribution in [3.05, 3.63) is 65.7 Å². The minimum Gasteiger partial charge on any atom is -0.508 e. The summed E-state index contributed by atoms with van der Waals surface area (Å²) in [6.07, 6.45) is -0.512. The molecule has 0 spiro atoms. The summed E-state index contributed by atoms with van der Waals surface area (Å²) in [6, 6.07) is 13.0. The van der Waals surface area contributed by atoms with Gasteiger partial charge in [0.2, 0.25) is 11.8 Å². The largest absolute Gasteiger partial charge is 0.508 e. The van der Waals surface area contributed by atoms with Crippen LogP contribution in [-0.2, 0) is 20.7 Å². The molecule has 0 aliphatic heterocycles. The molecular formula is C28H39N3O5. The summed E-state index contributed by atoms with van der Waals surface area (Å²) < 4.78 is 5.42. The molecule has 3 amide bonds. The van der Waals surface area contributed by atoms with Gasteiger partial charge in [0, 0.05) is 18.5 Å². The van der Waals surface area contributed by atoms with Crippen LogP contribution >= 0.6 is 0 Å². The molecule has 3 N–H and O–H groups in total. The smallest absolute Gasteiger partial charge is 0.408 e. The standard InChI is InChI=1S/C28H39N3O5/c1-18(2)29-25(33)24(21-14-11-15-22(32)17-21)31(19(3)4)26(34)23(16-20-12-9-8-10-13-20)30-27(35)36-28(5,6)7/h8-15,17-19,23-24,32H,16H2,1-7H3,(H,29,33)(H,30,35). The summed E-state index contributed by atoms with van der Waals surface area (Å²) in [6.45, 7) is 12.5. The highest BCUT2D eigenvalue weighted by atomic mass is 16.6. The van der Waals surface area contributed by atoms with E-state index in [0.717, 1.165) is 5.56 Å². The number of carbonyl (C=O) groups is 3. The van der Waals surface area contributed by atoms with Crippen LogP contribution in [0.3, 0.4) is 0 Å². The van der Waals surface area contributed by atoms with Gasteiger partial charge < -0.3 is 25.4 Å². The molecule has 2 aromatic rings. The van der Waals surface area contributed by atoms with Crippen molar-refractivity contribution in [2.24, 2.45) is 0 Å². The van der Waals surface area contributed by atoms with E-state index in [1.54, 1.807) is 32.9 Å². The molecule has 8 heteroatoms. The Hall–Kier alpha value is -3.55. The molecule has 8 nitrogen and oxygen atoms in total. The molecule has 2 rings (SSSR count). The Bertz CT molecular complexity index is 1030. The highest BCUT2D eigenvalue weighted by molar-refractivity contribution is 5.92. The lowest BCUT2D eigenvalue weighted by molar-refractivity contribution is -0.144. The van der Waals surface area contributed by atoms with E-state index in [4.69, 9.17) is 4.74 Å². The van der Waals surface area contributed by atoms with Crippen molar-refractivity contribution in [3.8, 4) is 5.75 Å². The van der Waals surface area contributed by atoms with Crippen molar-refractivity contribution in [1.29, 1.82) is 0 Å². The zero-order valence-corrected chi connectivity index (χ0v) is 22.2. The minimum absolute atomic E-state index is 0.0151. The molecule has 0 aliphatic carbocycles. The normalized spacial score (nSPS) is 13.1. The van der Waals surface area contributed by atoms with Crippen LogP contribution in [0.4, 0.5) is 4.79 Å². The maximum Gasteiger partial charge on any atom is 0.408 e. The van der Waals surface area contributed by atoms with Gasteiger partial charge in [0.25, 0.3) is 0 Å². The highest BCUT2D eigenvalue weighted by Crippen LogP contribution is 2.28. The van der Waals surface area contributed by atoms with Crippen LogP contribution in [0.25, 0.3) is 0 Å². The van der Waals surface area contributed by atoms with E-state index in [1.165, 1.54) is 17.0 Å². The van der Waals surface area contributed by atoms with Gasteiger partial charge in [-0.05, 0) is 71.7 Å². The predicted molar refractivity (Wildman–Crippen MR) is 139 cm³/mol. The third-order valence-electron chi connectivity index (χ3n) is 5.23. The van der Waals surface area contributed by atoms with Gasteiger partial charge in [-0.3, -0.25) is 9.59 Å². The van der Waals surface area contributed by atoms with Gasteiger partial charge in [0.15, 0.2) is 0 Å². The lowest BCUT2D eigenvalue weighted by Crippen LogP contribution is -2.56. The van der Waals surface area contributed by atoms with Gasteiger partial charge in [-0.1, -0.05) is 42.5 Å². The minimum atomic E-state index is -1.02. The molecule has 0 radical (unpaired) electrons. The van der Waals surface area contributed by atoms with E-state index in [0.29, 0.717) is 5.56 Å². The lowest BCUT2D eigenvalue weighted by Gasteiger charge is -2.37. The summed E-state index contributed by atoms with van der Waals surface area (Å²) in [5, 5.41) is 15.7. The van der Waals surface area contributed by atoms with Gasteiger partial charge >= 0.3 is 6.09 Å². The maximum atomic E-state index is 14.1. The third kappa shape index (κ3) is 8.59. The van der Waals surface area contributed by atoms with Crippen LogP contribution in [0.15, 0.2) is 54.6 Å². The van der Waals surface area contributed by atoms with Crippen molar-refractivity contribution >= 4 is 17.9 Å². The number of nitrogens with one attached hydrogen (secondary N) is 2. The zero-order chi connectivity index (χ0) is 27.0. The summed E-state index contributed by atoms with van der Waals surface area (Å²) >= 11 is 0. The summed E-state index contributed by atoms with van der Waals surface area (Å²) in [5.74, 6) is -0.834. The first kappa shape index (κ1) is 28.7. The molecule has 2 unspecified atom stereocenters. The number of carbonyl (C=O) groups excluding carboxylic acids is 3. The summed E-state index contributed by atoms with van der Waals surface area (Å²) in [4.78, 5) is 41.7. The molecule has 0 aliphatic rings. The first-order valence-corrected chi connectivity index (χ1v) is 12.2. The number of phenols is 1. The fourth-order valence-electron chi connectivity index (χ4n) is 3.86. The molecule has 0 saturated heterocycles. The number of aromatic hydroxyl groups is 1. The number of alkyl carbamates (subject to hydrolysis) is 1. The summed E-state index contributed by atoms with van der Waals surface area (Å²) in [7, 11) is 0. The molecule has 2 atom stereocenters. The van der Waals surface area contributed by atoms with Crippen molar-refractivity contribution in [2.75, 3.05) is 0 Å². The highest BCUT2D eigenvalue weighted by Gasteiger charge is 2.38. The topological polar surface area (TPSA) is 108 Å². The predicted octanol–water partition coefficient (Wildman–Crippen LogP) is 4.33. The zero-order valence-electron chi connectivity index (χ0n) is 22.2. The van der Waals surface area contributed by atoms with Crippen molar-refractivity contribution in [1.82, 2.24) is 15.5 Å². The van der Waals surface area contributed by atoms with Crippen molar-refractivity contribution < 1.29 is 24.2 Å². The fraction of sp³-hybridized carbons (Fsp3) is 0.464. The number of rotatable bonds is 9. The van der Waals surface area contributed by atoms with E-state index in [1.807, 2.05) is 58.0 Å². The molecule has 0 fully saturated rings. The van der Waals surface area contributed by atoms with E-state index in [9.17, 15) is 19.5 Å². The Labute approximate surface area is 214 Å². The number of hydrogen-bond donors (Lipinski definition) is 3. The van der Waals surface area contributed by atoms with Crippen molar-refractivity contribution in [2.45, 2.75) is 84.7 Å². The number of ether oxygens (including phenoxy) is 1. The van der Waals surface area contributed by atoms with Crippen LogP contribution in [0, 0.1) is 0 Å². The van der Waals surface area contributed by atoms with Crippen molar-refractivity contribution in [3.63, 3.8) is 0 Å². The van der Waals surface area contributed by atoms with E-state index < -0.39 is 35.7 Å². The molecule has 2 aromatic carbocycles. The molecule has 0 bridgehead atoms. The van der Waals surface area contributed by atoms with Gasteiger partial charge in [-0.15, -0.1) is 0 Å². The van der Waals surface area contributed by atoms with Gasteiger partial charge in [-0.25, -0.2) is 4.79 Å². The van der Waals surface area contributed by atoms with E-state index in [2.05, 4.69) is 10.6 Å². The molecular weight excluding hydrogens is 458 g/mol. The van der Waals surface area contributed by atoms with Crippen LogP contribution in [0.2, 0.25) is 0 Å². The Morgan fingerprint density at radius 1 is 0.944 bits per heavy atom. The molecule has 196 valence electrons. The quantitative estimate of drug-likeness (QED) is 0.478. The second kappa shape index (κ2) is 12.4. The van der Waals surface area contributed by atoms with Gasteiger partial charge in [0.1, 0.15) is 23.4 Å². The second-order valence-electron chi connectivity index (χ2n) is 10.4. The number of benzene rings is 2. The fourth-order valence-corrected chi connectivity index (χ4v) is 3.86. The average molecular weight is 498 g/mol. The molecule has 0 saturated carbocycles. The number of nitrogens with zero attached hydrogens (tertiary/aromatic N) is 1. The number of hydrogen-bond acceptors (Lipinski definition) is 5. The van der Waals surface area contributed by atoms with Crippen LogP contribution < -0.4 is 10.6 Å². The number of phenolic OH excluding ortho intramolecular Hbond substituents is 1. The average Bonchev–Trinajstić information content (AvgIpc) is 2.75. The molecule has 36 heavy (non-hydrogen) atoms. The van der Waals surface area contributed by atoms with Gasteiger partial charge in [0.05, 0.1) is 0 Å².